The van der Waals surface area contributed by atoms with Crippen LogP contribution in [0.25, 0.3) is 11.7 Å². The predicted octanol–water partition coefficient (Wildman–Crippen LogP) is 0.933. The van der Waals surface area contributed by atoms with E-state index in [1.165, 1.54) is 0 Å². The molecule has 172 valence electrons. The second kappa shape index (κ2) is 7.19. The molecule has 2 saturated carbocycles. The highest BCUT2D eigenvalue weighted by molar-refractivity contribution is 6.14. The number of fused-ring (bicyclic) bond motifs is 1. The van der Waals surface area contributed by atoms with Gasteiger partial charge in [-0.25, -0.2) is 9.78 Å². The van der Waals surface area contributed by atoms with Crippen LogP contribution in [0.4, 0.5) is 16.4 Å². The van der Waals surface area contributed by atoms with Crippen molar-refractivity contribution in [2.45, 2.75) is 38.6 Å². The molecule has 33 heavy (non-hydrogen) atoms. The van der Waals surface area contributed by atoms with Crippen LogP contribution >= 0.6 is 0 Å². The molecule has 0 radical (unpaired) electrons. The second-order valence-electron chi connectivity index (χ2n) is 9.56. The minimum atomic E-state index is -0.542. The van der Waals surface area contributed by atoms with Crippen molar-refractivity contribution in [3.63, 3.8) is 0 Å². The molecular weight excluding hydrogens is 424 g/mol. The Hall–Kier alpha value is -3.63. The van der Waals surface area contributed by atoms with Crippen LogP contribution < -0.4 is 20.9 Å². The molecule has 4 fully saturated rings. The number of aromatic nitrogens is 3. The van der Waals surface area contributed by atoms with E-state index in [1.807, 2.05) is 11.0 Å². The lowest BCUT2D eigenvalue weighted by molar-refractivity contribution is -0.136. The van der Waals surface area contributed by atoms with Crippen LogP contribution in [0.15, 0.2) is 18.0 Å². The van der Waals surface area contributed by atoms with E-state index in [1.54, 1.807) is 16.8 Å². The topological polar surface area (TPSA) is 124 Å². The summed E-state index contributed by atoms with van der Waals surface area (Å²) in [6.45, 7) is 4.81. The lowest BCUT2D eigenvalue weighted by atomic mass is 10.1. The van der Waals surface area contributed by atoms with Crippen molar-refractivity contribution in [3.8, 4) is 0 Å². The Morgan fingerprint density at radius 1 is 1.18 bits per heavy atom. The van der Waals surface area contributed by atoms with Crippen molar-refractivity contribution in [1.82, 2.24) is 30.1 Å². The van der Waals surface area contributed by atoms with Crippen LogP contribution in [-0.2, 0) is 9.59 Å². The maximum atomic E-state index is 12.7. The van der Waals surface area contributed by atoms with Gasteiger partial charge in [0.1, 0.15) is 17.3 Å². The van der Waals surface area contributed by atoms with Crippen molar-refractivity contribution in [1.29, 1.82) is 0 Å². The van der Waals surface area contributed by atoms with Crippen LogP contribution in [0.1, 0.15) is 38.2 Å². The fourth-order valence-corrected chi connectivity index (χ4v) is 4.33. The van der Waals surface area contributed by atoms with Gasteiger partial charge in [0.05, 0.1) is 6.20 Å². The number of nitrogens with one attached hydrogen (secondary N) is 3. The standard InChI is InChI=1S/C22H26N8O3/c1-22(4-5-22)20(32)29-8-6-28(7-9-29)16-11-17(24-14-2-3-14)30-18(26-16)13(12-23-30)10-15-19(31)27-21(33)25-15/h10-12,14,24H,2-9H2,1H3,(H2,25,27,31,33)/b15-10-. The summed E-state index contributed by atoms with van der Waals surface area (Å²) in [5.74, 6) is 1.43. The highest BCUT2D eigenvalue weighted by Crippen LogP contribution is 2.46. The third-order valence-electron chi connectivity index (χ3n) is 6.84. The summed E-state index contributed by atoms with van der Waals surface area (Å²) in [4.78, 5) is 45.2. The SMILES string of the molecule is CC1(C(=O)N2CCN(c3cc(NC4CC4)n4ncc(/C=C5\NC(=O)NC5=O)c4n3)CC2)CC1. The summed E-state index contributed by atoms with van der Waals surface area (Å²) in [6.07, 6.45) is 7.43. The normalized spacial score (nSPS) is 23.1. The maximum Gasteiger partial charge on any atom is 0.326 e. The Bertz CT molecular complexity index is 1200. The van der Waals surface area contributed by atoms with E-state index < -0.39 is 11.9 Å². The Labute approximate surface area is 190 Å². The van der Waals surface area contributed by atoms with Gasteiger partial charge in [-0.3, -0.25) is 14.9 Å². The van der Waals surface area contributed by atoms with Gasteiger partial charge in [0, 0.05) is 49.3 Å². The number of hydrogen-bond acceptors (Lipinski definition) is 7. The highest BCUT2D eigenvalue weighted by atomic mass is 16.2. The Morgan fingerprint density at radius 2 is 1.94 bits per heavy atom. The highest BCUT2D eigenvalue weighted by Gasteiger charge is 2.47. The molecule has 0 aromatic carbocycles. The lowest BCUT2D eigenvalue weighted by Crippen LogP contribution is -2.50. The van der Waals surface area contributed by atoms with Crippen molar-refractivity contribution >= 4 is 41.2 Å². The molecule has 0 spiro atoms. The quantitative estimate of drug-likeness (QED) is 0.457. The Morgan fingerprint density at radius 3 is 2.58 bits per heavy atom. The number of imide groups is 1. The van der Waals surface area contributed by atoms with Gasteiger partial charge in [0.15, 0.2) is 5.65 Å². The molecule has 6 rings (SSSR count). The van der Waals surface area contributed by atoms with E-state index >= 15 is 0 Å². The van der Waals surface area contributed by atoms with Crippen LogP contribution in [0.5, 0.6) is 0 Å². The van der Waals surface area contributed by atoms with Crippen molar-refractivity contribution in [3.05, 3.63) is 23.5 Å². The number of carbonyl (C=O) groups excluding carboxylic acids is 3. The number of anilines is 2. The largest absolute Gasteiger partial charge is 0.367 e. The van der Waals surface area contributed by atoms with Crippen molar-refractivity contribution in [2.24, 2.45) is 5.41 Å². The van der Waals surface area contributed by atoms with Gasteiger partial charge in [-0.1, -0.05) is 6.92 Å². The number of nitrogens with zero attached hydrogens (tertiary/aromatic N) is 5. The molecule has 11 nitrogen and oxygen atoms in total. The summed E-state index contributed by atoms with van der Waals surface area (Å²) < 4.78 is 1.73. The molecule has 0 unspecified atom stereocenters. The van der Waals surface area contributed by atoms with Crippen molar-refractivity contribution in [2.75, 3.05) is 36.4 Å². The summed E-state index contributed by atoms with van der Waals surface area (Å²) in [7, 11) is 0. The van der Waals surface area contributed by atoms with E-state index in [0.717, 1.165) is 37.3 Å². The third-order valence-corrected chi connectivity index (χ3v) is 6.84. The first-order chi connectivity index (χ1) is 15.9. The van der Waals surface area contributed by atoms with Gasteiger partial charge in [-0.2, -0.15) is 9.61 Å². The Kier molecular flexibility index (Phi) is 4.36. The summed E-state index contributed by atoms with van der Waals surface area (Å²) in [5.41, 5.74) is 1.25. The van der Waals surface area contributed by atoms with Crippen LogP contribution in [-0.4, -0.2) is 69.6 Å². The average Bonchev–Trinajstić information content (AvgIpc) is 3.71. The monoisotopic (exact) mass is 450 g/mol. The summed E-state index contributed by atoms with van der Waals surface area (Å²) in [6, 6.07) is 1.88. The number of piperazine rings is 1. The minimum Gasteiger partial charge on any atom is -0.367 e. The molecule has 0 bridgehead atoms. The molecule has 4 heterocycles. The first-order valence-corrected chi connectivity index (χ1v) is 11.4. The van der Waals surface area contributed by atoms with Gasteiger partial charge in [-0.15, -0.1) is 0 Å². The van der Waals surface area contributed by atoms with E-state index in [9.17, 15) is 14.4 Å². The fraction of sp³-hybridized carbons (Fsp3) is 0.500. The number of hydrogen-bond donors (Lipinski definition) is 3. The van der Waals surface area contributed by atoms with E-state index in [4.69, 9.17) is 4.98 Å². The zero-order chi connectivity index (χ0) is 22.7. The molecule has 2 aliphatic carbocycles. The molecule has 2 aromatic rings. The van der Waals surface area contributed by atoms with Gasteiger partial charge in [-0.05, 0) is 31.8 Å². The number of rotatable bonds is 5. The van der Waals surface area contributed by atoms with Crippen LogP contribution in [0.2, 0.25) is 0 Å². The zero-order valence-corrected chi connectivity index (χ0v) is 18.4. The molecule has 4 aliphatic rings. The molecule has 2 saturated heterocycles. The van der Waals surface area contributed by atoms with Gasteiger partial charge in [0.25, 0.3) is 5.91 Å². The average molecular weight is 451 g/mol. The first-order valence-electron chi connectivity index (χ1n) is 11.4. The molecule has 0 atom stereocenters. The molecule has 3 N–H and O–H groups in total. The minimum absolute atomic E-state index is 0.150. The van der Waals surface area contributed by atoms with Crippen LogP contribution in [0, 0.1) is 5.41 Å². The number of urea groups is 1. The first kappa shape index (κ1) is 20.0. The zero-order valence-electron chi connectivity index (χ0n) is 18.4. The van der Waals surface area contributed by atoms with Gasteiger partial charge < -0.3 is 20.4 Å². The predicted molar refractivity (Wildman–Crippen MR) is 120 cm³/mol. The van der Waals surface area contributed by atoms with Crippen LogP contribution in [0.3, 0.4) is 0 Å². The summed E-state index contributed by atoms with van der Waals surface area (Å²) in [5, 5.41) is 12.7. The maximum absolute atomic E-state index is 12.7. The second-order valence-corrected chi connectivity index (χ2v) is 9.56. The van der Waals surface area contributed by atoms with E-state index in [2.05, 4.69) is 32.9 Å². The third kappa shape index (κ3) is 3.66. The molecule has 2 aromatic heterocycles. The Balaban J connectivity index is 1.30. The van der Waals surface area contributed by atoms with E-state index in [-0.39, 0.29) is 17.0 Å². The number of amides is 4. The number of carbonyl (C=O) groups is 3. The lowest BCUT2D eigenvalue weighted by Gasteiger charge is -2.36. The molecular formula is C22H26N8O3. The van der Waals surface area contributed by atoms with Crippen molar-refractivity contribution < 1.29 is 14.4 Å². The van der Waals surface area contributed by atoms with E-state index in [0.29, 0.717) is 43.4 Å². The smallest absolute Gasteiger partial charge is 0.326 e. The summed E-state index contributed by atoms with van der Waals surface area (Å²) >= 11 is 0. The van der Waals surface area contributed by atoms with Gasteiger partial charge in [0.2, 0.25) is 5.91 Å². The van der Waals surface area contributed by atoms with Gasteiger partial charge >= 0.3 is 6.03 Å². The molecule has 11 heteroatoms. The molecule has 4 amide bonds. The fourth-order valence-electron chi connectivity index (χ4n) is 4.33. The molecule has 2 aliphatic heterocycles.